The summed E-state index contributed by atoms with van der Waals surface area (Å²) in [7, 11) is 0. The number of carbonyl (C=O) groups is 1. The predicted molar refractivity (Wildman–Crippen MR) is 107 cm³/mol. The molecule has 29 heavy (non-hydrogen) atoms. The number of rotatable bonds is 4. The molecule has 0 N–H and O–H groups in total. The predicted octanol–water partition coefficient (Wildman–Crippen LogP) is 4.10. The van der Waals surface area contributed by atoms with Crippen LogP contribution in [0.4, 0.5) is 4.39 Å². The Labute approximate surface area is 175 Å². The fourth-order valence-electron chi connectivity index (χ4n) is 3.66. The van der Waals surface area contributed by atoms with E-state index in [0.717, 1.165) is 0 Å². The summed E-state index contributed by atoms with van der Waals surface area (Å²) in [6.45, 7) is 2.43. The van der Waals surface area contributed by atoms with Crippen LogP contribution in [0, 0.1) is 23.1 Å². The molecule has 0 spiro atoms. The smallest absolute Gasteiger partial charge is 0.338 e. The monoisotopic (exact) mass is 430 g/mol. The first-order chi connectivity index (χ1) is 14.0. The zero-order chi connectivity index (χ0) is 20.5. The largest absolute Gasteiger partial charge is 0.463 e. The first-order valence-electron chi connectivity index (χ1n) is 9.06. The molecule has 0 saturated carbocycles. The fourth-order valence-corrected chi connectivity index (χ4v) is 4.57. The third-order valence-corrected chi connectivity index (χ3v) is 5.95. The molecule has 1 aromatic carbocycles. The second kappa shape index (κ2) is 7.93. The molecule has 0 amide bonds. The van der Waals surface area contributed by atoms with E-state index in [0.29, 0.717) is 35.1 Å². The zero-order valence-electron chi connectivity index (χ0n) is 15.4. The summed E-state index contributed by atoms with van der Waals surface area (Å²) < 4.78 is 18.9. The number of aliphatic imine (C=N–C) groups is 1. The molecule has 1 saturated heterocycles. The molecule has 3 heterocycles. The van der Waals surface area contributed by atoms with Gasteiger partial charge in [0.1, 0.15) is 11.9 Å². The number of benzene rings is 1. The van der Waals surface area contributed by atoms with Gasteiger partial charge in [0.25, 0.3) is 0 Å². The van der Waals surface area contributed by atoms with E-state index in [1.54, 1.807) is 13.1 Å². The third-order valence-electron chi connectivity index (χ3n) is 4.85. The van der Waals surface area contributed by atoms with Crippen LogP contribution >= 0.6 is 22.9 Å². The molecule has 0 bridgehead atoms. The van der Waals surface area contributed by atoms with Crippen LogP contribution in [0.25, 0.3) is 0 Å². The number of aromatic nitrogens is 1. The minimum Gasteiger partial charge on any atom is -0.463 e. The summed E-state index contributed by atoms with van der Waals surface area (Å²) in [5.41, 5.74) is 1.31. The number of amidine groups is 1. The first-order valence-corrected chi connectivity index (χ1v) is 10.3. The van der Waals surface area contributed by atoms with Gasteiger partial charge in [-0.2, -0.15) is 5.26 Å². The molecule has 0 aliphatic carbocycles. The molecule has 4 rings (SSSR count). The van der Waals surface area contributed by atoms with E-state index in [1.165, 1.54) is 29.5 Å². The van der Waals surface area contributed by atoms with Gasteiger partial charge < -0.3 is 9.64 Å². The summed E-state index contributed by atoms with van der Waals surface area (Å²) >= 11 is 7.73. The molecule has 148 valence electrons. The van der Waals surface area contributed by atoms with E-state index in [1.807, 2.05) is 10.3 Å². The number of nitriles is 1. The van der Waals surface area contributed by atoms with Gasteiger partial charge in [0.2, 0.25) is 0 Å². The van der Waals surface area contributed by atoms with E-state index < -0.39 is 23.7 Å². The quantitative estimate of drug-likeness (QED) is 0.682. The number of ether oxygens (including phenoxy) is 1. The van der Waals surface area contributed by atoms with Gasteiger partial charge in [0.05, 0.1) is 24.2 Å². The number of nitrogens with zero attached hydrogens (tertiary/aromatic N) is 4. The number of carbonyl (C=O) groups excluding carboxylic acids is 1. The summed E-state index contributed by atoms with van der Waals surface area (Å²) in [6, 6.07) is 5.43. The molecular weight excluding hydrogens is 415 g/mol. The lowest BCUT2D eigenvalue weighted by Gasteiger charge is -2.32. The van der Waals surface area contributed by atoms with E-state index in [2.05, 4.69) is 11.1 Å². The van der Waals surface area contributed by atoms with Gasteiger partial charge in [-0.1, -0.05) is 17.7 Å². The summed E-state index contributed by atoms with van der Waals surface area (Å²) in [6.07, 6.45) is 2.23. The number of thiazole rings is 1. The highest BCUT2D eigenvalue weighted by atomic mass is 35.5. The van der Waals surface area contributed by atoms with Crippen molar-refractivity contribution >= 4 is 34.7 Å². The van der Waals surface area contributed by atoms with Gasteiger partial charge >= 0.3 is 5.97 Å². The van der Waals surface area contributed by atoms with Crippen LogP contribution in [0.15, 0.2) is 46.0 Å². The van der Waals surface area contributed by atoms with Crippen LogP contribution in [0.1, 0.15) is 30.0 Å². The number of halogens is 2. The van der Waals surface area contributed by atoms with E-state index in [9.17, 15) is 14.4 Å². The Morgan fingerprint density at radius 1 is 1.52 bits per heavy atom. The number of fused-ring (bicyclic) bond motifs is 1. The minimum atomic E-state index is -0.818. The SMILES string of the molecule is CCOC(=O)C1=C2C(C#N)CCN2C(c2nccs2)=NC1c1ccc(F)cc1Cl. The Morgan fingerprint density at radius 3 is 3.00 bits per heavy atom. The van der Waals surface area contributed by atoms with Crippen molar-refractivity contribution in [1.82, 2.24) is 9.88 Å². The average Bonchev–Trinajstić information content (AvgIpc) is 3.37. The second-order valence-corrected chi connectivity index (χ2v) is 7.80. The minimum absolute atomic E-state index is 0.152. The molecule has 1 fully saturated rings. The van der Waals surface area contributed by atoms with Crippen molar-refractivity contribution < 1.29 is 13.9 Å². The average molecular weight is 431 g/mol. The van der Waals surface area contributed by atoms with Gasteiger partial charge in [-0.25, -0.2) is 14.2 Å². The molecule has 2 aliphatic heterocycles. The highest BCUT2D eigenvalue weighted by molar-refractivity contribution is 7.11. The first kappa shape index (κ1) is 19.6. The van der Waals surface area contributed by atoms with E-state index in [4.69, 9.17) is 21.3 Å². The molecule has 1 aromatic heterocycles. The molecule has 6 nitrogen and oxygen atoms in total. The van der Waals surface area contributed by atoms with Crippen LogP contribution in [0.2, 0.25) is 5.02 Å². The lowest BCUT2D eigenvalue weighted by Crippen LogP contribution is -2.36. The molecule has 2 unspecified atom stereocenters. The molecule has 2 aliphatic rings. The van der Waals surface area contributed by atoms with Crippen LogP contribution in [0.5, 0.6) is 0 Å². The maximum Gasteiger partial charge on any atom is 0.338 e. The van der Waals surface area contributed by atoms with Gasteiger partial charge in [0.15, 0.2) is 10.8 Å². The normalized spacial score (nSPS) is 20.9. The van der Waals surface area contributed by atoms with Gasteiger partial charge in [-0.05, 0) is 25.5 Å². The summed E-state index contributed by atoms with van der Waals surface area (Å²) in [5.74, 6) is -0.948. The van der Waals surface area contributed by atoms with Crippen molar-refractivity contribution in [2.75, 3.05) is 13.2 Å². The summed E-state index contributed by atoms with van der Waals surface area (Å²) in [5, 5.41) is 12.4. The highest BCUT2D eigenvalue weighted by Gasteiger charge is 2.43. The Bertz CT molecular complexity index is 1060. The second-order valence-electron chi connectivity index (χ2n) is 6.50. The van der Waals surface area contributed by atoms with Crippen LogP contribution < -0.4 is 0 Å². The Hall–Kier alpha value is -2.76. The number of hydrogen-bond acceptors (Lipinski definition) is 7. The van der Waals surface area contributed by atoms with Crippen molar-refractivity contribution in [3.8, 4) is 6.07 Å². The highest BCUT2D eigenvalue weighted by Crippen LogP contribution is 2.44. The zero-order valence-corrected chi connectivity index (χ0v) is 17.0. The van der Waals surface area contributed by atoms with Crippen molar-refractivity contribution in [1.29, 1.82) is 5.26 Å². The molecule has 2 atom stereocenters. The van der Waals surface area contributed by atoms with Crippen LogP contribution in [0.3, 0.4) is 0 Å². The standard InChI is InChI=1S/C20H16ClFN4O2S/c1-2-28-20(27)15-16(13-4-3-12(22)9-14(13)21)25-18(19-24-6-8-29-19)26-7-5-11(10-23)17(15)26/h3-4,6,8-9,11,16H,2,5,7H2,1H3. The van der Waals surface area contributed by atoms with Crippen LogP contribution in [-0.4, -0.2) is 34.8 Å². The maximum absolute atomic E-state index is 13.6. The number of esters is 1. The van der Waals surface area contributed by atoms with Crippen molar-refractivity contribution in [3.05, 3.63) is 62.5 Å². The number of hydrogen-bond donors (Lipinski definition) is 0. The molecule has 9 heteroatoms. The van der Waals surface area contributed by atoms with E-state index in [-0.39, 0.29) is 17.2 Å². The molecular formula is C20H16ClFN4O2S. The van der Waals surface area contributed by atoms with Gasteiger partial charge in [0, 0.05) is 34.4 Å². The van der Waals surface area contributed by atoms with Crippen LogP contribution in [-0.2, 0) is 9.53 Å². The van der Waals surface area contributed by atoms with Crippen molar-refractivity contribution in [3.63, 3.8) is 0 Å². The topological polar surface area (TPSA) is 78.6 Å². The lowest BCUT2D eigenvalue weighted by molar-refractivity contribution is -0.139. The van der Waals surface area contributed by atoms with Gasteiger partial charge in [-0.15, -0.1) is 11.3 Å². The fraction of sp³-hybridized carbons (Fsp3) is 0.300. The maximum atomic E-state index is 13.6. The van der Waals surface area contributed by atoms with Crippen molar-refractivity contribution in [2.45, 2.75) is 19.4 Å². The Morgan fingerprint density at radius 2 is 2.34 bits per heavy atom. The lowest BCUT2D eigenvalue weighted by atomic mass is 9.91. The van der Waals surface area contributed by atoms with Crippen molar-refractivity contribution in [2.24, 2.45) is 10.9 Å². The summed E-state index contributed by atoms with van der Waals surface area (Å²) in [4.78, 5) is 24.0. The Kier molecular flexibility index (Phi) is 5.35. The number of allylic oxidation sites excluding steroid dienone is 1. The van der Waals surface area contributed by atoms with E-state index >= 15 is 0 Å². The molecule has 2 aromatic rings. The third kappa shape index (κ3) is 3.41. The Balaban J connectivity index is 1.96. The van der Waals surface area contributed by atoms with Gasteiger partial charge in [-0.3, -0.25) is 4.99 Å². The molecule has 0 radical (unpaired) electrons.